The van der Waals surface area contributed by atoms with E-state index in [2.05, 4.69) is 0 Å². The van der Waals surface area contributed by atoms with Crippen LogP contribution in [0.15, 0.2) is 23.1 Å². The molecule has 0 aliphatic heterocycles. The second kappa shape index (κ2) is 3.96. The normalized spacial score (nSPS) is 12.5. The first-order valence-corrected chi connectivity index (χ1v) is 5.31. The van der Waals surface area contributed by atoms with E-state index in [-0.39, 0.29) is 0 Å². The lowest BCUT2D eigenvalue weighted by molar-refractivity contribution is -0.391. The number of benzene rings is 1. The predicted molar refractivity (Wildman–Crippen MR) is 47.9 cm³/mol. The summed E-state index contributed by atoms with van der Waals surface area (Å²) < 4.78 is 67.2. The Morgan fingerprint density at radius 3 is 2.18 bits per heavy atom. The van der Waals surface area contributed by atoms with Crippen LogP contribution in [0.4, 0.5) is 18.9 Å². The minimum Gasteiger partial charge on any atom is -0.282 e. The lowest BCUT2D eigenvalue weighted by atomic mass is 10.2. The fourth-order valence-corrected chi connectivity index (χ4v) is 1.83. The molecule has 1 aromatic rings. The molecule has 0 spiro atoms. The third-order valence-electron chi connectivity index (χ3n) is 1.76. The average Bonchev–Trinajstić information content (AvgIpc) is 2.13. The molecule has 1 rings (SSSR count). The molecule has 1 aromatic carbocycles. The van der Waals surface area contributed by atoms with Crippen molar-refractivity contribution in [2.45, 2.75) is 11.1 Å². The fourth-order valence-electron chi connectivity index (χ4n) is 1.15. The molecule has 0 saturated carbocycles. The Morgan fingerprint density at radius 1 is 1.29 bits per heavy atom. The number of para-hydroxylation sites is 1. The molecule has 0 aromatic heterocycles. The highest BCUT2D eigenvalue weighted by molar-refractivity contribution is 7.86. The number of hydrogen-bond acceptors (Lipinski definition) is 4. The summed E-state index contributed by atoms with van der Waals surface area (Å²) in [5.74, 6) is 0. The van der Waals surface area contributed by atoms with E-state index >= 15 is 0 Å². The van der Waals surface area contributed by atoms with Crippen LogP contribution in [-0.4, -0.2) is 17.9 Å². The summed E-state index contributed by atoms with van der Waals surface area (Å²) >= 11 is 0. The number of nitro benzene ring substituents is 1. The maximum absolute atomic E-state index is 12.4. The first-order valence-electron chi connectivity index (χ1n) is 3.87. The van der Waals surface area contributed by atoms with Gasteiger partial charge in [-0.25, -0.2) is 0 Å². The Kier molecular flexibility index (Phi) is 3.12. The second-order valence-electron chi connectivity index (χ2n) is 2.88. The van der Waals surface area contributed by atoms with Crippen molar-refractivity contribution in [1.29, 1.82) is 0 Å². The Labute approximate surface area is 92.6 Å². The van der Waals surface area contributed by atoms with E-state index in [0.717, 1.165) is 0 Å². The summed E-state index contributed by atoms with van der Waals surface area (Å²) in [6.45, 7) is 0. The van der Waals surface area contributed by atoms with Gasteiger partial charge in [-0.1, -0.05) is 6.07 Å². The van der Waals surface area contributed by atoms with Crippen molar-refractivity contribution in [1.82, 2.24) is 0 Å². The van der Waals surface area contributed by atoms with E-state index in [1.807, 2.05) is 0 Å². The van der Waals surface area contributed by atoms with Gasteiger partial charge < -0.3 is 0 Å². The summed E-state index contributed by atoms with van der Waals surface area (Å²) in [4.78, 5) is 7.57. The monoisotopic (exact) mass is 271 g/mol. The lowest BCUT2D eigenvalue weighted by Crippen LogP contribution is -2.12. The molecular weight excluding hydrogens is 267 g/mol. The Morgan fingerprint density at radius 2 is 1.82 bits per heavy atom. The molecule has 0 fully saturated rings. The quantitative estimate of drug-likeness (QED) is 0.503. The molecule has 10 heteroatoms. The smallest absolute Gasteiger partial charge is 0.282 e. The number of alkyl halides is 3. The fraction of sp³-hybridized carbons (Fsp3) is 0.143. The summed E-state index contributed by atoms with van der Waals surface area (Å²) in [5, 5.41) is 10.5. The highest BCUT2D eigenvalue weighted by atomic mass is 32.2. The topological polar surface area (TPSA) is 97.5 Å². The summed E-state index contributed by atoms with van der Waals surface area (Å²) in [6, 6.07) is 1.52. The zero-order valence-electron chi connectivity index (χ0n) is 7.80. The molecule has 0 atom stereocenters. The molecule has 0 heterocycles. The van der Waals surface area contributed by atoms with E-state index in [0.29, 0.717) is 18.2 Å². The van der Waals surface area contributed by atoms with Crippen LogP contribution in [0.3, 0.4) is 0 Å². The molecule has 0 aliphatic carbocycles. The lowest BCUT2D eigenvalue weighted by Gasteiger charge is -2.08. The van der Waals surface area contributed by atoms with Crippen molar-refractivity contribution in [3.05, 3.63) is 33.9 Å². The van der Waals surface area contributed by atoms with Gasteiger partial charge >= 0.3 is 22.0 Å². The zero-order valence-corrected chi connectivity index (χ0v) is 8.62. The molecular formula is C7H4F3NO5S. The standard InChI is InChI=1S/C7H4F3NO5S/c8-7(9,10)4-2-1-3-5(17(14,15)16)6(4)11(12)13/h1-3H,(H,14,15,16). The molecule has 0 radical (unpaired) electrons. The van der Waals surface area contributed by atoms with Gasteiger partial charge in [-0.15, -0.1) is 0 Å². The molecule has 6 nitrogen and oxygen atoms in total. The van der Waals surface area contributed by atoms with Crippen LogP contribution < -0.4 is 0 Å². The van der Waals surface area contributed by atoms with Gasteiger partial charge in [-0.2, -0.15) is 21.6 Å². The maximum atomic E-state index is 12.4. The number of nitro groups is 1. The van der Waals surface area contributed by atoms with Gasteiger partial charge in [-0.05, 0) is 12.1 Å². The molecule has 0 unspecified atom stereocenters. The minimum absolute atomic E-state index is 0.354. The first-order chi connectivity index (χ1) is 7.55. The zero-order chi connectivity index (χ0) is 13.4. The SMILES string of the molecule is O=[N+]([O-])c1c(C(F)(F)F)cccc1S(=O)(=O)O. The largest absolute Gasteiger partial charge is 0.423 e. The van der Waals surface area contributed by atoms with Crippen molar-refractivity contribution in [3.8, 4) is 0 Å². The Balaban J connectivity index is 3.73. The number of rotatable bonds is 2. The van der Waals surface area contributed by atoms with Crippen molar-refractivity contribution >= 4 is 15.8 Å². The molecule has 0 amide bonds. The van der Waals surface area contributed by atoms with Gasteiger partial charge in [0.2, 0.25) is 0 Å². The summed E-state index contributed by atoms with van der Waals surface area (Å²) in [5.41, 5.74) is -3.43. The third kappa shape index (κ3) is 2.71. The minimum atomic E-state index is -5.10. The van der Waals surface area contributed by atoms with Crippen molar-refractivity contribution in [3.63, 3.8) is 0 Å². The molecule has 17 heavy (non-hydrogen) atoms. The van der Waals surface area contributed by atoms with Gasteiger partial charge in [0.05, 0.1) is 4.92 Å². The van der Waals surface area contributed by atoms with Gasteiger partial charge in [0.1, 0.15) is 5.56 Å². The van der Waals surface area contributed by atoms with E-state index in [9.17, 15) is 31.7 Å². The van der Waals surface area contributed by atoms with E-state index in [1.54, 1.807) is 0 Å². The number of halogens is 3. The van der Waals surface area contributed by atoms with Crippen LogP contribution in [0.1, 0.15) is 5.56 Å². The second-order valence-corrected chi connectivity index (χ2v) is 4.27. The highest BCUT2D eigenvalue weighted by Gasteiger charge is 2.41. The number of nitrogens with zero attached hydrogens (tertiary/aromatic N) is 1. The van der Waals surface area contributed by atoms with Crippen molar-refractivity contribution < 1.29 is 31.1 Å². The average molecular weight is 271 g/mol. The van der Waals surface area contributed by atoms with Crippen molar-refractivity contribution in [2.75, 3.05) is 0 Å². The maximum Gasteiger partial charge on any atom is 0.423 e. The van der Waals surface area contributed by atoms with Crippen LogP contribution in [0.5, 0.6) is 0 Å². The number of hydrogen-bond donors (Lipinski definition) is 1. The Bertz CT molecular complexity index is 565. The predicted octanol–water partition coefficient (Wildman–Crippen LogP) is 1.86. The molecule has 0 saturated heterocycles. The van der Waals surface area contributed by atoms with E-state index in [4.69, 9.17) is 4.55 Å². The molecule has 1 N–H and O–H groups in total. The van der Waals surface area contributed by atoms with Gasteiger partial charge in [-0.3, -0.25) is 14.7 Å². The van der Waals surface area contributed by atoms with Crippen LogP contribution >= 0.6 is 0 Å². The highest BCUT2D eigenvalue weighted by Crippen LogP contribution is 2.39. The van der Waals surface area contributed by atoms with Crippen LogP contribution in [0, 0.1) is 10.1 Å². The third-order valence-corrected chi connectivity index (χ3v) is 2.65. The van der Waals surface area contributed by atoms with Crippen LogP contribution in [-0.2, 0) is 16.3 Å². The molecule has 0 bridgehead atoms. The summed E-state index contributed by atoms with van der Waals surface area (Å²) in [7, 11) is -5.10. The first kappa shape index (κ1) is 13.4. The van der Waals surface area contributed by atoms with Gasteiger partial charge in [0.25, 0.3) is 0 Å². The van der Waals surface area contributed by atoms with Gasteiger partial charge in [0, 0.05) is 0 Å². The van der Waals surface area contributed by atoms with Crippen LogP contribution in [0.2, 0.25) is 0 Å². The van der Waals surface area contributed by atoms with E-state index < -0.39 is 37.4 Å². The summed E-state index contributed by atoms with van der Waals surface area (Å²) in [6.07, 6.45) is -5.09. The van der Waals surface area contributed by atoms with Crippen LogP contribution in [0.25, 0.3) is 0 Å². The molecule has 94 valence electrons. The van der Waals surface area contributed by atoms with Gasteiger partial charge in [0.15, 0.2) is 4.90 Å². The van der Waals surface area contributed by atoms with E-state index in [1.165, 1.54) is 0 Å². The Hall–Kier alpha value is -1.68. The molecule has 0 aliphatic rings. The van der Waals surface area contributed by atoms with Crippen molar-refractivity contribution in [2.24, 2.45) is 0 Å².